The lowest BCUT2D eigenvalue weighted by atomic mass is 9.69. The number of allylic oxidation sites excluding steroid dienone is 4. The van der Waals surface area contributed by atoms with Gasteiger partial charge in [-0.25, -0.2) is 9.78 Å². The van der Waals surface area contributed by atoms with E-state index in [9.17, 15) is 19.5 Å². The standard InChI is InChI=1S/C40H49N3O6/c1-5-42-33-20-28-10-7-6-9-27(28)19-30(33)23-48-38(47)40-37(46)35-29(17-24(2)3)11-8-12-32(35)36(45)39(40,49-40)21-31(22-44)25(4)13-14-26-15-16-43-34(41)18-26/h7-8,10-12,15-16,18,20,24,27,30,33,42,44H,5-6,9,13-14,17,19,21-23H2,1-4H3,(H2,41,43). The van der Waals surface area contributed by atoms with Gasteiger partial charge in [-0.2, -0.15) is 0 Å². The maximum Gasteiger partial charge on any atom is 0.350 e. The highest BCUT2D eigenvalue weighted by Crippen LogP contribution is 2.60. The van der Waals surface area contributed by atoms with Crippen LogP contribution in [0.15, 0.2) is 71.5 Å². The number of aryl methyl sites for hydroxylation is 1. The fourth-order valence-electron chi connectivity index (χ4n) is 8.11. The number of hydrogen-bond acceptors (Lipinski definition) is 9. The van der Waals surface area contributed by atoms with Crippen LogP contribution in [-0.2, 0) is 27.1 Å². The summed E-state index contributed by atoms with van der Waals surface area (Å²) in [6.45, 7) is 8.55. The molecule has 2 heterocycles. The molecule has 49 heavy (non-hydrogen) atoms. The number of nitrogens with one attached hydrogen (secondary N) is 1. The Hall–Kier alpha value is -3.92. The number of carbonyl (C=O) groups excluding carboxylic acids is 3. The van der Waals surface area contributed by atoms with Crippen LogP contribution in [0.25, 0.3) is 0 Å². The van der Waals surface area contributed by atoms with Crippen molar-refractivity contribution in [2.45, 2.75) is 89.9 Å². The minimum absolute atomic E-state index is 0.00393. The van der Waals surface area contributed by atoms with Crippen LogP contribution in [0.5, 0.6) is 0 Å². The second kappa shape index (κ2) is 14.1. The molecule has 260 valence electrons. The Bertz CT molecular complexity index is 1730. The van der Waals surface area contributed by atoms with Crippen molar-refractivity contribution < 1.29 is 29.0 Å². The molecule has 5 unspecified atom stereocenters. The summed E-state index contributed by atoms with van der Waals surface area (Å²) in [4.78, 5) is 47.6. The Morgan fingerprint density at radius 1 is 1.22 bits per heavy atom. The number of aromatic nitrogens is 1. The number of pyridine rings is 1. The van der Waals surface area contributed by atoms with Crippen LogP contribution < -0.4 is 11.1 Å². The minimum atomic E-state index is -2.11. The molecule has 1 saturated heterocycles. The van der Waals surface area contributed by atoms with Gasteiger partial charge in [-0.15, -0.1) is 0 Å². The van der Waals surface area contributed by atoms with Gasteiger partial charge in [0.05, 0.1) is 13.2 Å². The molecule has 1 fully saturated rings. The Balaban J connectivity index is 1.32. The third-order valence-corrected chi connectivity index (χ3v) is 10.8. The SMILES string of the molecule is CCNC1C=C2C=CCCC2CC1COC(=O)C12OC1(CC(CO)=C(C)CCc1ccnc(N)c1)C(=O)c1cccc(CC(C)C)c1C2=O. The largest absolute Gasteiger partial charge is 0.463 e. The maximum atomic E-state index is 14.7. The van der Waals surface area contributed by atoms with Gasteiger partial charge in [-0.3, -0.25) is 9.59 Å². The second-order valence-electron chi connectivity index (χ2n) is 14.5. The molecular weight excluding hydrogens is 618 g/mol. The topological polar surface area (TPSA) is 144 Å². The minimum Gasteiger partial charge on any atom is -0.463 e. The number of nitrogen functional groups attached to an aromatic ring is 1. The van der Waals surface area contributed by atoms with Crippen molar-refractivity contribution in [3.8, 4) is 0 Å². The molecule has 0 saturated carbocycles. The number of nitrogens with zero attached hydrogens (tertiary/aromatic N) is 1. The molecule has 1 aromatic carbocycles. The van der Waals surface area contributed by atoms with Crippen molar-refractivity contribution in [1.29, 1.82) is 0 Å². The van der Waals surface area contributed by atoms with E-state index in [1.165, 1.54) is 5.57 Å². The highest BCUT2D eigenvalue weighted by atomic mass is 16.7. The number of aliphatic hydroxyl groups excluding tert-OH is 1. The van der Waals surface area contributed by atoms with E-state index in [1.54, 1.807) is 24.4 Å². The van der Waals surface area contributed by atoms with Crippen molar-refractivity contribution in [2.75, 3.05) is 25.5 Å². The van der Waals surface area contributed by atoms with E-state index < -0.39 is 28.7 Å². The van der Waals surface area contributed by atoms with E-state index in [0.29, 0.717) is 36.6 Å². The third kappa shape index (κ3) is 6.44. The number of likely N-dealkylation sites (N-methyl/N-ethyl adjacent to an activating group) is 1. The molecule has 0 radical (unpaired) electrons. The number of carbonyl (C=O) groups is 3. The van der Waals surface area contributed by atoms with Gasteiger partial charge in [0.15, 0.2) is 11.4 Å². The van der Waals surface area contributed by atoms with Gasteiger partial charge in [-0.05, 0) is 98.2 Å². The van der Waals surface area contributed by atoms with Gasteiger partial charge in [0.2, 0.25) is 5.78 Å². The molecule has 0 amide bonds. The van der Waals surface area contributed by atoms with Crippen LogP contribution in [-0.4, -0.2) is 64.6 Å². The number of ether oxygens (including phenoxy) is 2. The molecule has 4 N–H and O–H groups in total. The van der Waals surface area contributed by atoms with Crippen molar-refractivity contribution in [1.82, 2.24) is 10.3 Å². The predicted molar refractivity (Wildman–Crippen MR) is 188 cm³/mol. The number of epoxide rings is 1. The number of Topliss-reactive ketones (excluding diaryl/α,β-unsaturated/α-hetero) is 2. The van der Waals surface area contributed by atoms with Crippen molar-refractivity contribution in [3.63, 3.8) is 0 Å². The number of fused-ring (bicyclic) bond motifs is 3. The van der Waals surface area contributed by atoms with Crippen LogP contribution in [0.4, 0.5) is 5.82 Å². The molecule has 9 nitrogen and oxygen atoms in total. The number of benzene rings is 1. The highest BCUT2D eigenvalue weighted by molar-refractivity contribution is 6.33. The van der Waals surface area contributed by atoms with Crippen LogP contribution in [0.2, 0.25) is 0 Å². The Labute approximate surface area is 289 Å². The third-order valence-electron chi connectivity index (χ3n) is 10.8. The van der Waals surface area contributed by atoms with Gasteiger partial charge in [0.25, 0.3) is 5.60 Å². The first kappa shape index (κ1) is 34.9. The molecular formula is C40H49N3O6. The van der Waals surface area contributed by atoms with E-state index in [4.69, 9.17) is 15.2 Å². The molecule has 1 aliphatic heterocycles. The summed E-state index contributed by atoms with van der Waals surface area (Å²) in [6, 6.07) is 8.97. The fraction of sp³-hybridized carbons (Fsp3) is 0.500. The number of anilines is 1. The van der Waals surface area contributed by atoms with Crippen LogP contribution in [0, 0.1) is 17.8 Å². The Morgan fingerprint density at radius 3 is 2.78 bits per heavy atom. The van der Waals surface area contributed by atoms with Crippen molar-refractivity contribution in [3.05, 3.63) is 93.7 Å². The fourth-order valence-corrected chi connectivity index (χ4v) is 8.11. The average Bonchev–Trinajstić information content (AvgIpc) is 3.79. The zero-order valence-corrected chi connectivity index (χ0v) is 29.1. The maximum absolute atomic E-state index is 14.7. The van der Waals surface area contributed by atoms with Crippen LogP contribution in [0.1, 0.15) is 91.6 Å². The molecule has 1 aromatic heterocycles. The van der Waals surface area contributed by atoms with Crippen molar-refractivity contribution in [2.24, 2.45) is 17.8 Å². The summed E-state index contributed by atoms with van der Waals surface area (Å²) in [6.07, 6.45) is 12.9. The van der Waals surface area contributed by atoms with Gasteiger partial charge < -0.3 is 25.6 Å². The first-order chi connectivity index (χ1) is 23.5. The Kier molecular flexibility index (Phi) is 10.1. The average molecular weight is 668 g/mol. The molecule has 0 spiro atoms. The molecule has 5 atom stereocenters. The lowest BCUT2D eigenvalue weighted by molar-refractivity contribution is -0.150. The lowest BCUT2D eigenvalue weighted by Crippen LogP contribution is -2.52. The monoisotopic (exact) mass is 667 g/mol. The molecule has 4 aliphatic rings. The van der Waals surface area contributed by atoms with Gasteiger partial charge >= 0.3 is 5.97 Å². The van der Waals surface area contributed by atoms with E-state index in [2.05, 4.69) is 35.5 Å². The van der Waals surface area contributed by atoms with E-state index in [1.807, 2.05) is 32.9 Å². The first-order valence-electron chi connectivity index (χ1n) is 17.7. The zero-order chi connectivity index (χ0) is 34.9. The summed E-state index contributed by atoms with van der Waals surface area (Å²) >= 11 is 0. The highest BCUT2D eigenvalue weighted by Gasteiger charge is 2.85. The quantitative estimate of drug-likeness (QED) is 0.109. The number of nitrogens with two attached hydrogens (primary N) is 1. The molecule has 6 rings (SSSR count). The normalized spacial score (nSPS) is 27.6. The van der Waals surface area contributed by atoms with E-state index in [-0.39, 0.29) is 48.6 Å². The summed E-state index contributed by atoms with van der Waals surface area (Å²) in [5.74, 6) is -0.740. The molecule has 9 heteroatoms. The molecule has 2 aromatic rings. The van der Waals surface area contributed by atoms with Gasteiger partial charge in [-0.1, -0.05) is 62.8 Å². The lowest BCUT2D eigenvalue weighted by Gasteiger charge is -2.36. The first-order valence-corrected chi connectivity index (χ1v) is 17.7. The van der Waals surface area contributed by atoms with E-state index >= 15 is 0 Å². The number of ketones is 2. The Morgan fingerprint density at radius 2 is 2.04 bits per heavy atom. The zero-order valence-electron chi connectivity index (χ0n) is 29.1. The predicted octanol–water partition coefficient (Wildman–Crippen LogP) is 5.51. The number of esters is 1. The number of aliphatic hydroxyl groups is 1. The van der Waals surface area contributed by atoms with Crippen LogP contribution >= 0.6 is 0 Å². The van der Waals surface area contributed by atoms with Crippen molar-refractivity contribution >= 4 is 23.4 Å². The van der Waals surface area contributed by atoms with Gasteiger partial charge in [0.1, 0.15) is 5.82 Å². The molecule has 3 aliphatic carbocycles. The van der Waals surface area contributed by atoms with E-state index in [0.717, 1.165) is 42.5 Å². The summed E-state index contributed by atoms with van der Waals surface area (Å²) in [5.41, 5.74) is 6.90. The summed E-state index contributed by atoms with van der Waals surface area (Å²) in [7, 11) is 0. The summed E-state index contributed by atoms with van der Waals surface area (Å²) < 4.78 is 12.3. The van der Waals surface area contributed by atoms with Gasteiger partial charge in [0, 0.05) is 35.7 Å². The van der Waals surface area contributed by atoms with Crippen LogP contribution in [0.3, 0.4) is 0 Å². The molecule has 0 bridgehead atoms. The second-order valence-corrected chi connectivity index (χ2v) is 14.5. The summed E-state index contributed by atoms with van der Waals surface area (Å²) in [5, 5.41) is 14.1. The smallest absolute Gasteiger partial charge is 0.350 e. The number of rotatable bonds is 13. The number of hydrogen-bond donors (Lipinski definition) is 3.